The van der Waals surface area contributed by atoms with Gasteiger partial charge in [0.1, 0.15) is 24.4 Å². The van der Waals surface area contributed by atoms with Gasteiger partial charge in [-0.1, -0.05) is 210 Å². The molecule has 1 rings (SSSR count). The first-order valence-electron chi connectivity index (χ1n) is 28.9. The Morgan fingerprint density at radius 1 is 0.543 bits per heavy atom. The van der Waals surface area contributed by atoms with Gasteiger partial charge in [-0.05, 0) is 77.6 Å². The lowest BCUT2D eigenvalue weighted by Crippen LogP contribution is -2.60. The highest BCUT2D eigenvalue weighted by Gasteiger charge is 2.44. The highest BCUT2D eigenvalue weighted by Crippen LogP contribution is 2.23. The van der Waals surface area contributed by atoms with E-state index in [0.717, 1.165) is 83.5 Å². The zero-order valence-corrected chi connectivity index (χ0v) is 44.7. The second kappa shape index (κ2) is 48.9. The van der Waals surface area contributed by atoms with Crippen molar-refractivity contribution in [3.63, 3.8) is 0 Å². The molecule has 0 aliphatic carbocycles. The maximum absolute atomic E-state index is 13.0. The Hall–Kier alpha value is -2.38. The summed E-state index contributed by atoms with van der Waals surface area (Å²) >= 11 is 0. The second-order valence-corrected chi connectivity index (χ2v) is 20.0. The molecule has 70 heavy (non-hydrogen) atoms. The van der Waals surface area contributed by atoms with Crippen LogP contribution in [0.5, 0.6) is 0 Å². The summed E-state index contributed by atoms with van der Waals surface area (Å²) < 4.78 is 16.6. The lowest BCUT2D eigenvalue weighted by molar-refractivity contribution is -0.302. The van der Waals surface area contributed by atoms with Crippen molar-refractivity contribution in [1.29, 1.82) is 0 Å². The molecule has 1 heterocycles. The molecule has 1 amide bonds. The van der Waals surface area contributed by atoms with Crippen LogP contribution in [-0.4, -0.2) is 100 Å². The van der Waals surface area contributed by atoms with Crippen molar-refractivity contribution in [3.8, 4) is 0 Å². The fourth-order valence-corrected chi connectivity index (χ4v) is 8.88. The summed E-state index contributed by atoms with van der Waals surface area (Å²) in [6.07, 6.45) is 51.0. The Kier molecular flexibility index (Phi) is 45.8. The summed E-state index contributed by atoms with van der Waals surface area (Å²) in [6, 6.07) is -0.838. The SMILES string of the molecule is C/C=C/CC/C=C/CC/C=C/C(O)C(COC1OC(CO)C(O)C(O)C1O)NC(=O)CCCCCCCCC/C=C\CCCCCCCCCCCCCOC(=O)CCCCCCCCCCCCC. The highest BCUT2D eigenvalue weighted by molar-refractivity contribution is 5.76. The molecular formula is C59H107NO10. The van der Waals surface area contributed by atoms with Crippen LogP contribution in [0.1, 0.15) is 251 Å². The van der Waals surface area contributed by atoms with E-state index in [0.29, 0.717) is 19.4 Å². The van der Waals surface area contributed by atoms with Crippen LogP contribution in [0, 0.1) is 0 Å². The van der Waals surface area contributed by atoms with Crippen molar-refractivity contribution in [2.45, 2.75) is 294 Å². The van der Waals surface area contributed by atoms with Gasteiger partial charge in [-0.25, -0.2) is 0 Å². The molecule has 408 valence electrons. The first kappa shape index (κ1) is 65.6. The molecule has 0 aromatic heterocycles. The summed E-state index contributed by atoms with van der Waals surface area (Å²) in [4.78, 5) is 25.0. The molecule has 0 radical (unpaired) electrons. The number of rotatable bonds is 49. The van der Waals surface area contributed by atoms with Gasteiger partial charge in [0.05, 0.1) is 32.0 Å². The van der Waals surface area contributed by atoms with E-state index in [1.165, 1.54) is 141 Å². The number of ether oxygens (including phenoxy) is 3. The fourth-order valence-electron chi connectivity index (χ4n) is 8.88. The summed E-state index contributed by atoms with van der Waals surface area (Å²) in [6.45, 7) is 4.07. The van der Waals surface area contributed by atoms with Gasteiger partial charge < -0.3 is 45.1 Å². The van der Waals surface area contributed by atoms with Crippen molar-refractivity contribution < 1.29 is 49.3 Å². The van der Waals surface area contributed by atoms with E-state index in [4.69, 9.17) is 14.2 Å². The number of esters is 1. The molecule has 11 heteroatoms. The molecule has 1 saturated heterocycles. The third-order valence-electron chi connectivity index (χ3n) is 13.5. The van der Waals surface area contributed by atoms with Gasteiger partial charge in [0.2, 0.25) is 5.91 Å². The molecule has 7 unspecified atom stereocenters. The minimum absolute atomic E-state index is 0.00437. The third-order valence-corrected chi connectivity index (χ3v) is 13.5. The van der Waals surface area contributed by atoms with E-state index >= 15 is 0 Å². The van der Waals surface area contributed by atoms with Gasteiger partial charge in [-0.3, -0.25) is 9.59 Å². The molecule has 0 bridgehead atoms. The first-order chi connectivity index (χ1) is 34.2. The van der Waals surface area contributed by atoms with Crippen molar-refractivity contribution in [3.05, 3.63) is 48.6 Å². The number of hydrogen-bond acceptors (Lipinski definition) is 10. The lowest BCUT2D eigenvalue weighted by atomic mass is 9.99. The Morgan fingerprint density at radius 2 is 0.986 bits per heavy atom. The van der Waals surface area contributed by atoms with Gasteiger partial charge in [0.25, 0.3) is 0 Å². The number of hydrogen-bond donors (Lipinski definition) is 6. The topological polar surface area (TPSA) is 175 Å². The zero-order valence-electron chi connectivity index (χ0n) is 44.7. The van der Waals surface area contributed by atoms with Crippen LogP contribution in [0.4, 0.5) is 0 Å². The van der Waals surface area contributed by atoms with Crippen LogP contribution in [0.3, 0.4) is 0 Å². The molecule has 6 N–H and O–H groups in total. The van der Waals surface area contributed by atoms with Gasteiger partial charge in [-0.15, -0.1) is 0 Å². The number of carbonyl (C=O) groups is 2. The van der Waals surface area contributed by atoms with E-state index in [1.807, 2.05) is 19.1 Å². The molecular weight excluding hydrogens is 883 g/mol. The van der Waals surface area contributed by atoms with Gasteiger partial charge >= 0.3 is 5.97 Å². The van der Waals surface area contributed by atoms with Crippen molar-refractivity contribution in [2.24, 2.45) is 0 Å². The molecule has 0 aromatic carbocycles. The van der Waals surface area contributed by atoms with Crippen molar-refractivity contribution in [1.82, 2.24) is 5.32 Å². The molecule has 0 aromatic rings. The smallest absolute Gasteiger partial charge is 0.305 e. The van der Waals surface area contributed by atoms with Crippen LogP contribution < -0.4 is 5.32 Å². The molecule has 1 aliphatic rings. The maximum atomic E-state index is 13.0. The predicted molar refractivity (Wildman–Crippen MR) is 287 cm³/mol. The Balaban J connectivity index is 2.04. The van der Waals surface area contributed by atoms with E-state index < -0.39 is 49.5 Å². The Morgan fingerprint density at radius 3 is 1.50 bits per heavy atom. The van der Waals surface area contributed by atoms with E-state index in [2.05, 4.69) is 42.6 Å². The van der Waals surface area contributed by atoms with Crippen LogP contribution >= 0.6 is 0 Å². The van der Waals surface area contributed by atoms with Gasteiger partial charge in [0, 0.05) is 12.8 Å². The second-order valence-electron chi connectivity index (χ2n) is 20.0. The maximum Gasteiger partial charge on any atom is 0.305 e. The first-order valence-corrected chi connectivity index (χ1v) is 28.9. The molecule has 7 atom stereocenters. The number of nitrogens with one attached hydrogen (secondary N) is 1. The quantitative estimate of drug-likeness (QED) is 0.0196. The number of aliphatic hydroxyl groups excluding tert-OH is 5. The fraction of sp³-hybridized carbons (Fsp3) is 0.831. The van der Waals surface area contributed by atoms with Crippen LogP contribution in [0.2, 0.25) is 0 Å². The molecule has 1 aliphatic heterocycles. The minimum Gasteiger partial charge on any atom is -0.466 e. The van der Waals surface area contributed by atoms with Gasteiger partial charge in [0.15, 0.2) is 6.29 Å². The number of amides is 1. The number of aliphatic hydroxyl groups is 5. The monoisotopic (exact) mass is 990 g/mol. The van der Waals surface area contributed by atoms with E-state index in [9.17, 15) is 35.1 Å². The average Bonchev–Trinajstić information content (AvgIpc) is 3.36. The van der Waals surface area contributed by atoms with Crippen molar-refractivity contribution in [2.75, 3.05) is 19.8 Å². The molecule has 0 spiro atoms. The molecule has 0 saturated carbocycles. The number of carbonyl (C=O) groups excluding carboxylic acids is 2. The largest absolute Gasteiger partial charge is 0.466 e. The standard InChI is InChI=1S/C59H107NO10/c1-3-5-7-9-11-13-26-31-35-39-43-47-55(64)68-48-44-40-36-32-28-25-23-21-19-17-15-14-16-18-20-22-24-27-30-34-38-42-46-54(63)60-51(52(62)45-41-37-33-29-12-10-8-6-4-2)50-69-59-58(67)57(66)56(65)53(49-61)70-59/h4,6,12,16,18,29,41,45,51-53,56-59,61-62,65-67H,3,5,7-11,13-15,17,19-28,30-40,42-44,46-50H2,1-2H3,(H,60,63)/b6-4+,18-16-,29-12+,45-41+. The third kappa shape index (κ3) is 38.3. The molecule has 1 fully saturated rings. The highest BCUT2D eigenvalue weighted by atomic mass is 16.7. The van der Waals surface area contributed by atoms with E-state index in [-0.39, 0.29) is 18.5 Å². The van der Waals surface area contributed by atoms with E-state index in [1.54, 1.807) is 6.08 Å². The number of unbranched alkanes of at least 4 members (excludes halogenated alkanes) is 30. The summed E-state index contributed by atoms with van der Waals surface area (Å²) in [5.74, 6) is -0.212. The Labute approximate surface area is 427 Å². The van der Waals surface area contributed by atoms with Crippen molar-refractivity contribution >= 4 is 11.9 Å². The summed E-state index contributed by atoms with van der Waals surface area (Å²) in [7, 11) is 0. The molecule has 11 nitrogen and oxygen atoms in total. The minimum atomic E-state index is -1.58. The normalized spacial score (nSPS) is 19.6. The van der Waals surface area contributed by atoms with Crippen LogP contribution in [0.15, 0.2) is 48.6 Å². The van der Waals surface area contributed by atoms with Crippen LogP contribution in [0.25, 0.3) is 0 Å². The van der Waals surface area contributed by atoms with Gasteiger partial charge in [-0.2, -0.15) is 0 Å². The summed E-state index contributed by atoms with van der Waals surface area (Å²) in [5, 5.41) is 54.1. The van der Waals surface area contributed by atoms with Crippen LogP contribution in [-0.2, 0) is 23.8 Å². The summed E-state index contributed by atoms with van der Waals surface area (Å²) in [5.41, 5.74) is 0. The Bertz CT molecular complexity index is 1300. The zero-order chi connectivity index (χ0) is 51.0. The average molecular weight is 991 g/mol. The number of allylic oxidation sites excluding steroid dienone is 7. The lowest BCUT2D eigenvalue weighted by Gasteiger charge is -2.40. The predicted octanol–water partition coefficient (Wildman–Crippen LogP) is 12.9.